The largest absolute Gasteiger partial charge is 0.352 e. The molecule has 1 heterocycles. The molecule has 0 bridgehead atoms. The van der Waals surface area contributed by atoms with Gasteiger partial charge in [0.15, 0.2) is 0 Å². The number of carbonyl (C=O) groups excluding carboxylic acids is 2. The van der Waals surface area contributed by atoms with E-state index in [2.05, 4.69) is 17.2 Å². The zero-order valence-electron chi connectivity index (χ0n) is 14.5. The summed E-state index contributed by atoms with van der Waals surface area (Å²) in [5.41, 5.74) is 0.509. The molecule has 9 heteroatoms. The molecular weight excluding hydrogens is 338 g/mol. The van der Waals surface area contributed by atoms with E-state index in [0.29, 0.717) is 45.0 Å². The molecule has 0 atom stereocenters. The van der Waals surface area contributed by atoms with Crippen LogP contribution in [-0.4, -0.2) is 72.4 Å². The van der Waals surface area contributed by atoms with E-state index in [0.717, 1.165) is 0 Å². The standard InChI is InChI=1S/C17H23N5O4/c1-2-7-18-16(23)12-20-8-10-21(11-9-20)13-17(24)19-14-3-5-15(6-4-14)22(25)26/h2-6H,1,7-13H2,(H,18,23)(H,19,24). The molecule has 0 unspecified atom stereocenters. The maximum atomic E-state index is 12.1. The Morgan fingerprint density at radius 3 is 2.12 bits per heavy atom. The number of amides is 2. The lowest BCUT2D eigenvalue weighted by molar-refractivity contribution is -0.384. The van der Waals surface area contributed by atoms with Crippen LogP contribution in [0.15, 0.2) is 36.9 Å². The summed E-state index contributed by atoms with van der Waals surface area (Å²) in [6.45, 7) is 7.43. The first-order valence-corrected chi connectivity index (χ1v) is 8.34. The number of benzene rings is 1. The van der Waals surface area contributed by atoms with E-state index in [1.54, 1.807) is 6.08 Å². The normalized spacial score (nSPS) is 15.2. The lowest BCUT2D eigenvalue weighted by Crippen LogP contribution is -2.51. The Morgan fingerprint density at radius 1 is 1.08 bits per heavy atom. The number of anilines is 1. The quantitative estimate of drug-likeness (QED) is 0.395. The fraction of sp³-hybridized carbons (Fsp3) is 0.412. The van der Waals surface area contributed by atoms with Crippen molar-refractivity contribution >= 4 is 23.2 Å². The Kier molecular flexibility index (Phi) is 7.24. The molecule has 9 nitrogen and oxygen atoms in total. The number of nitro benzene ring substituents is 1. The summed E-state index contributed by atoms with van der Waals surface area (Å²) in [7, 11) is 0. The lowest BCUT2D eigenvalue weighted by atomic mass is 10.2. The minimum atomic E-state index is -0.483. The molecule has 0 saturated carbocycles. The molecule has 140 valence electrons. The van der Waals surface area contributed by atoms with E-state index in [9.17, 15) is 19.7 Å². The summed E-state index contributed by atoms with van der Waals surface area (Å²) in [4.78, 5) is 38.0. The van der Waals surface area contributed by atoms with Gasteiger partial charge in [-0.15, -0.1) is 6.58 Å². The van der Waals surface area contributed by atoms with Crippen LogP contribution >= 0.6 is 0 Å². The van der Waals surface area contributed by atoms with Crippen LogP contribution in [0.25, 0.3) is 0 Å². The molecule has 1 aliphatic heterocycles. The molecule has 26 heavy (non-hydrogen) atoms. The third-order valence-corrected chi connectivity index (χ3v) is 4.00. The van der Waals surface area contributed by atoms with Gasteiger partial charge in [-0.3, -0.25) is 29.5 Å². The number of piperazine rings is 1. The molecule has 1 saturated heterocycles. The van der Waals surface area contributed by atoms with Gasteiger partial charge in [-0.05, 0) is 12.1 Å². The third-order valence-electron chi connectivity index (χ3n) is 4.00. The van der Waals surface area contributed by atoms with Crippen molar-refractivity contribution in [1.82, 2.24) is 15.1 Å². The topological polar surface area (TPSA) is 108 Å². The lowest BCUT2D eigenvalue weighted by Gasteiger charge is -2.33. The average molecular weight is 361 g/mol. The molecular formula is C17H23N5O4. The number of hydrogen-bond acceptors (Lipinski definition) is 6. The van der Waals surface area contributed by atoms with E-state index in [1.165, 1.54) is 24.3 Å². The Hall–Kier alpha value is -2.78. The zero-order valence-corrected chi connectivity index (χ0v) is 14.5. The molecule has 1 aliphatic rings. The maximum absolute atomic E-state index is 12.1. The van der Waals surface area contributed by atoms with Gasteiger partial charge in [0.2, 0.25) is 11.8 Å². The highest BCUT2D eigenvalue weighted by molar-refractivity contribution is 5.92. The van der Waals surface area contributed by atoms with Crippen molar-refractivity contribution in [3.05, 3.63) is 47.0 Å². The van der Waals surface area contributed by atoms with Gasteiger partial charge in [0.25, 0.3) is 5.69 Å². The molecule has 0 radical (unpaired) electrons. The number of carbonyl (C=O) groups is 2. The predicted octanol–water partition coefficient (Wildman–Crippen LogP) is 0.453. The van der Waals surface area contributed by atoms with Crippen LogP contribution in [-0.2, 0) is 9.59 Å². The molecule has 2 rings (SSSR count). The summed E-state index contributed by atoms with van der Waals surface area (Å²) in [6.07, 6.45) is 1.64. The van der Waals surface area contributed by atoms with Gasteiger partial charge < -0.3 is 10.6 Å². The Labute approximate surface area is 151 Å². The third kappa shape index (κ3) is 6.26. The first-order valence-electron chi connectivity index (χ1n) is 8.34. The van der Waals surface area contributed by atoms with E-state index >= 15 is 0 Å². The van der Waals surface area contributed by atoms with E-state index in [4.69, 9.17) is 0 Å². The van der Waals surface area contributed by atoms with Gasteiger partial charge in [-0.2, -0.15) is 0 Å². The maximum Gasteiger partial charge on any atom is 0.269 e. The van der Waals surface area contributed by atoms with Crippen LogP contribution in [0.2, 0.25) is 0 Å². The Bertz CT molecular complexity index is 654. The molecule has 0 aromatic heterocycles. The molecule has 2 amide bonds. The minimum absolute atomic E-state index is 0.0174. The van der Waals surface area contributed by atoms with Crippen LogP contribution in [0.1, 0.15) is 0 Å². The van der Waals surface area contributed by atoms with Crippen molar-refractivity contribution in [3.8, 4) is 0 Å². The van der Waals surface area contributed by atoms with E-state index in [-0.39, 0.29) is 24.0 Å². The molecule has 1 aromatic rings. The summed E-state index contributed by atoms with van der Waals surface area (Å²) in [5.74, 6) is -0.203. The van der Waals surface area contributed by atoms with Crippen molar-refractivity contribution in [3.63, 3.8) is 0 Å². The molecule has 0 aliphatic carbocycles. The van der Waals surface area contributed by atoms with Crippen LogP contribution in [0.4, 0.5) is 11.4 Å². The monoisotopic (exact) mass is 361 g/mol. The number of nitrogens with zero attached hydrogens (tertiary/aromatic N) is 3. The first-order chi connectivity index (χ1) is 12.5. The number of non-ortho nitro benzene ring substituents is 1. The zero-order chi connectivity index (χ0) is 18.9. The summed E-state index contributed by atoms with van der Waals surface area (Å²) < 4.78 is 0. The molecule has 0 spiro atoms. The Balaban J connectivity index is 1.71. The summed E-state index contributed by atoms with van der Waals surface area (Å²) >= 11 is 0. The smallest absolute Gasteiger partial charge is 0.269 e. The molecule has 1 aromatic carbocycles. The molecule has 2 N–H and O–H groups in total. The summed E-state index contributed by atoms with van der Waals surface area (Å²) in [6, 6.07) is 5.73. The van der Waals surface area contributed by atoms with Crippen molar-refractivity contribution in [1.29, 1.82) is 0 Å². The van der Waals surface area contributed by atoms with E-state index < -0.39 is 4.92 Å². The minimum Gasteiger partial charge on any atom is -0.352 e. The highest BCUT2D eigenvalue weighted by Crippen LogP contribution is 2.15. The first kappa shape index (κ1) is 19.5. The van der Waals surface area contributed by atoms with Crippen LogP contribution < -0.4 is 10.6 Å². The van der Waals surface area contributed by atoms with Crippen LogP contribution in [0.5, 0.6) is 0 Å². The number of rotatable bonds is 8. The van der Waals surface area contributed by atoms with Crippen molar-refractivity contribution in [2.24, 2.45) is 0 Å². The van der Waals surface area contributed by atoms with Crippen LogP contribution in [0.3, 0.4) is 0 Å². The fourth-order valence-corrected chi connectivity index (χ4v) is 2.62. The fourth-order valence-electron chi connectivity index (χ4n) is 2.62. The number of nitro groups is 1. The van der Waals surface area contributed by atoms with Gasteiger partial charge in [-0.25, -0.2) is 0 Å². The second-order valence-electron chi connectivity index (χ2n) is 6.00. The van der Waals surface area contributed by atoms with Crippen LogP contribution in [0, 0.1) is 10.1 Å². The van der Waals surface area contributed by atoms with Crippen molar-refractivity contribution in [2.75, 3.05) is 51.1 Å². The number of hydrogen-bond donors (Lipinski definition) is 2. The highest BCUT2D eigenvalue weighted by Gasteiger charge is 2.20. The van der Waals surface area contributed by atoms with Gasteiger partial charge >= 0.3 is 0 Å². The van der Waals surface area contributed by atoms with E-state index in [1.807, 2.05) is 9.80 Å². The van der Waals surface area contributed by atoms with Gasteiger partial charge in [0.05, 0.1) is 18.0 Å². The highest BCUT2D eigenvalue weighted by atomic mass is 16.6. The van der Waals surface area contributed by atoms with Crippen molar-refractivity contribution < 1.29 is 14.5 Å². The average Bonchev–Trinajstić information content (AvgIpc) is 2.62. The second kappa shape index (κ2) is 9.64. The van der Waals surface area contributed by atoms with Gasteiger partial charge in [-0.1, -0.05) is 6.08 Å². The Morgan fingerprint density at radius 2 is 1.62 bits per heavy atom. The van der Waals surface area contributed by atoms with Crippen molar-refractivity contribution in [2.45, 2.75) is 0 Å². The predicted molar refractivity (Wildman–Crippen MR) is 97.8 cm³/mol. The van der Waals surface area contributed by atoms with Gasteiger partial charge in [0, 0.05) is 50.5 Å². The molecule has 1 fully saturated rings. The number of nitrogens with one attached hydrogen (secondary N) is 2. The second-order valence-corrected chi connectivity index (χ2v) is 6.00. The van der Waals surface area contributed by atoms with Gasteiger partial charge in [0.1, 0.15) is 0 Å². The summed E-state index contributed by atoms with van der Waals surface area (Å²) in [5, 5.41) is 16.1. The SMILES string of the molecule is C=CCNC(=O)CN1CCN(CC(=O)Nc2ccc([N+](=O)[O-])cc2)CC1.